The summed E-state index contributed by atoms with van der Waals surface area (Å²) >= 11 is 0. The lowest BCUT2D eigenvalue weighted by Gasteiger charge is -2.12. The van der Waals surface area contributed by atoms with Gasteiger partial charge in [-0.15, -0.1) is 0 Å². The first-order chi connectivity index (χ1) is 7.61. The number of guanidine groups is 1. The van der Waals surface area contributed by atoms with E-state index in [0.29, 0.717) is 0 Å². The quantitative estimate of drug-likeness (QED) is 0.414. The van der Waals surface area contributed by atoms with Crippen molar-refractivity contribution in [2.24, 2.45) is 4.99 Å². The summed E-state index contributed by atoms with van der Waals surface area (Å²) in [4.78, 5) is 4.42. The van der Waals surface area contributed by atoms with Gasteiger partial charge in [-0.3, -0.25) is 5.43 Å². The number of hydrogen-bond donors (Lipinski definition) is 3. The second kappa shape index (κ2) is 6.12. The molecule has 0 fully saturated rings. The van der Waals surface area contributed by atoms with E-state index in [9.17, 15) is 0 Å². The van der Waals surface area contributed by atoms with Crippen LogP contribution in [0.4, 0.5) is 5.69 Å². The summed E-state index contributed by atoms with van der Waals surface area (Å²) in [6, 6.07) is 8.43. The molecule has 4 heteroatoms. The van der Waals surface area contributed by atoms with Gasteiger partial charge in [0, 0.05) is 18.8 Å². The van der Waals surface area contributed by atoms with Crippen molar-refractivity contribution >= 4 is 11.6 Å². The third kappa shape index (κ3) is 4.31. The van der Waals surface area contributed by atoms with Crippen LogP contribution < -0.4 is 16.2 Å². The molecular weight excluding hydrogens is 200 g/mol. The predicted octanol–water partition coefficient (Wildman–Crippen LogP) is 1.90. The van der Waals surface area contributed by atoms with Gasteiger partial charge < -0.3 is 5.32 Å². The molecule has 0 atom stereocenters. The molecule has 0 aliphatic rings. The second-order valence-electron chi connectivity index (χ2n) is 3.94. The molecule has 0 bridgehead atoms. The Morgan fingerprint density at radius 3 is 2.31 bits per heavy atom. The lowest BCUT2D eigenvalue weighted by molar-refractivity contribution is 0.742. The minimum Gasteiger partial charge on any atom is -0.325 e. The molecule has 0 saturated carbocycles. The van der Waals surface area contributed by atoms with Crippen molar-refractivity contribution in [3.8, 4) is 0 Å². The van der Waals surface area contributed by atoms with Crippen LogP contribution in [-0.2, 0) is 0 Å². The number of hydrogen-bond acceptors (Lipinski definition) is 2. The highest BCUT2D eigenvalue weighted by atomic mass is 15.4. The van der Waals surface area contributed by atoms with E-state index in [2.05, 4.69) is 40.2 Å². The number of anilines is 1. The Labute approximate surface area is 97.1 Å². The van der Waals surface area contributed by atoms with Gasteiger partial charge in [0.05, 0.1) is 0 Å². The van der Waals surface area contributed by atoms with E-state index in [-0.39, 0.29) is 6.04 Å². The zero-order chi connectivity index (χ0) is 12.0. The number of hydrazine groups is 1. The summed E-state index contributed by atoms with van der Waals surface area (Å²) in [5.41, 5.74) is 8.09. The first kappa shape index (κ1) is 12.5. The molecule has 0 heterocycles. The Hall–Kier alpha value is -1.55. The van der Waals surface area contributed by atoms with Crippen LogP contribution in [0.3, 0.4) is 0 Å². The zero-order valence-corrected chi connectivity index (χ0v) is 10.3. The van der Waals surface area contributed by atoms with Gasteiger partial charge in [0.25, 0.3) is 0 Å². The van der Waals surface area contributed by atoms with Crippen molar-refractivity contribution in [3.05, 3.63) is 29.8 Å². The van der Waals surface area contributed by atoms with E-state index in [1.54, 1.807) is 0 Å². The molecule has 1 aromatic rings. The second-order valence-corrected chi connectivity index (χ2v) is 3.94. The molecule has 0 radical (unpaired) electrons. The van der Waals surface area contributed by atoms with Crippen molar-refractivity contribution in [1.29, 1.82) is 0 Å². The maximum atomic E-state index is 4.42. The SMILES string of the molecule is CNNC(=NC(C)C)Nc1ccc(C)cc1. The number of nitrogens with one attached hydrogen (secondary N) is 3. The molecule has 0 saturated heterocycles. The number of rotatable bonds is 3. The normalized spacial score (nSPS) is 11.7. The molecule has 0 unspecified atom stereocenters. The molecule has 1 rings (SSSR count). The Morgan fingerprint density at radius 2 is 1.81 bits per heavy atom. The van der Waals surface area contributed by atoms with Gasteiger partial charge in [0.1, 0.15) is 0 Å². The molecule has 0 aliphatic carbocycles. The van der Waals surface area contributed by atoms with E-state index in [1.165, 1.54) is 5.56 Å². The maximum absolute atomic E-state index is 4.42. The molecule has 0 aromatic heterocycles. The molecule has 0 aliphatic heterocycles. The summed E-state index contributed by atoms with van der Waals surface area (Å²) in [7, 11) is 1.81. The fourth-order valence-electron chi connectivity index (χ4n) is 1.25. The van der Waals surface area contributed by atoms with Crippen molar-refractivity contribution in [3.63, 3.8) is 0 Å². The lowest BCUT2D eigenvalue weighted by Crippen LogP contribution is -2.39. The van der Waals surface area contributed by atoms with E-state index in [1.807, 2.05) is 33.0 Å². The summed E-state index contributed by atoms with van der Waals surface area (Å²) in [6.45, 7) is 6.14. The third-order valence-corrected chi connectivity index (χ3v) is 1.95. The van der Waals surface area contributed by atoms with Crippen LogP contribution in [-0.4, -0.2) is 19.0 Å². The number of aliphatic imine (C=N–C) groups is 1. The molecule has 4 nitrogen and oxygen atoms in total. The third-order valence-electron chi connectivity index (χ3n) is 1.95. The van der Waals surface area contributed by atoms with Gasteiger partial charge in [-0.25, -0.2) is 10.4 Å². The first-order valence-electron chi connectivity index (χ1n) is 5.46. The van der Waals surface area contributed by atoms with Gasteiger partial charge in [0.15, 0.2) is 0 Å². The van der Waals surface area contributed by atoms with Crippen LogP contribution in [0.1, 0.15) is 19.4 Å². The van der Waals surface area contributed by atoms with Crippen LogP contribution in [0.2, 0.25) is 0 Å². The fourth-order valence-corrected chi connectivity index (χ4v) is 1.25. The van der Waals surface area contributed by atoms with Crippen molar-refractivity contribution in [2.45, 2.75) is 26.8 Å². The van der Waals surface area contributed by atoms with Gasteiger partial charge in [-0.05, 0) is 32.9 Å². The number of nitrogens with zero attached hydrogens (tertiary/aromatic N) is 1. The summed E-state index contributed by atoms with van der Waals surface area (Å²) in [5.74, 6) is 0.723. The highest BCUT2D eigenvalue weighted by Crippen LogP contribution is 2.08. The largest absolute Gasteiger partial charge is 0.325 e. The summed E-state index contributed by atoms with van der Waals surface area (Å²) in [6.07, 6.45) is 0. The van der Waals surface area contributed by atoms with Gasteiger partial charge in [-0.1, -0.05) is 17.7 Å². The Morgan fingerprint density at radius 1 is 1.19 bits per heavy atom. The monoisotopic (exact) mass is 220 g/mol. The molecule has 16 heavy (non-hydrogen) atoms. The molecule has 88 valence electrons. The number of aryl methyl sites for hydroxylation is 1. The van der Waals surface area contributed by atoms with Crippen LogP contribution in [0.25, 0.3) is 0 Å². The van der Waals surface area contributed by atoms with E-state index in [4.69, 9.17) is 0 Å². The lowest BCUT2D eigenvalue weighted by atomic mass is 10.2. The number of benzene rings is 1. The van der Waals surface area contributed by atoms with E-state index in [0.717, 1.165) is 11.6 Å². The summed E-state index contributed by atoms with van der Waals surface area (Å²) < 4.78 is 0. The van der Waals surface area contributed by atoms with E-state index < -0.39 is 0 Å². The minimum atomic E-state index is 0.244. The maximum Gasteiger partial charge on any atom is 0.210 e. The first-order valence-corrected chi connectivity index (χ1v) is 5.46. The van der Waals surface area contributed by atoms with E-state index >= 15 is 0 Å². The highest BCUT2D eigenvalue weighted by molar-refractivity contribution is 5.93. The topological polar surface area (TPSA) is 48.5 Å². The average molecular weight is 220 g/mol. The fraction of sp³-hybridized carbons (Fsp3) is 0.417. The van der Waals surface area contributed by atoms with Crippen molar-refractivity contribution < 1.29 is 0 Å². The van der Waals surface area contributed by atoms with Gasteiger partial charge >= 0.3 is 0 Å². The minimum absolute atomic E-state index is 0.244. The van der Waals surface area contributed by atoms with Crippen LogP contribution in [0.5, 0.6) is 0 Å². The Kier molecular flexibility index (Phi) is 4.79. The molecular formula is C12H20N4. The smallest absolute Gasteiger partial charge is 0.210 e. The molecule has 3 N–H and O–H groups in total. The van der Waals surface area contributed by atoms with Crippen LogP contribution >= 0.6 is 0 Å². The predicted molar refractivity (Wildman–Crippen MR) is 69.6 cm³/mol. The molecule has 0 spiro atoms. The molecule has 1 aromatic carbocycles. The Bertz CT molecular complexity index is 341. The van der Waals surface area contributed by atoms with Gasteiger partial charge in [0.2, 0.25) is 5.96 Å². The Balaban J connectivity index is 2.71. The van der Waals surface area contributed by atoms with Crippen LogP contribution in [0, 0.1) is 6.92 Å². The summed E-state index contributed by atoms with van der Waals surface area (Å²) in [5, 5.41) is 3.21. The van der Waals surface area contributed by atoms with Gasteiger partial charge in [-0.2, -0.15) is 0 Å². The standard InChI is InChI=1S/C12H20N4/c1-9(2)14-12(16-13-4)15-11-7-5-10(3)6-8-11/h5-9,13H,1-4H3,(H2,14,15,16). The molecule has 0 amide bonds. The average Bonchev–Trinajstić information content (AvgIpc) is 2.21. The van der Waals surface area contributed by atoms with Crippen molar-refractivity contribution in [1.82, 2.24) is 10.9 Å². The zero-order valence-electron chi connectivity index (χ0n) is 10.3. The highest BCUT2D eigenvalue weighted by Gasteiger charge is 1.99. The van der Waals surface area contributed by atoms with Crippen LogP contribution in [0.15, 0.2) is 29.3 Å². The van der Waals surface area contributed by atoms with Crippen molar-refractivity contribution in [2.75, 3.05) is 12.4 Å².